The van der Waals surface area contributed by atoms with Gasteiger partial charge in [0.15, 0.2) is 0 Å². The van der Waals surface area contributed by atoms with Crippen molar-refractivity contribution < 1.29 is 19.5 Å². The van der Waals surface area contributed by atoms with Gasteiger partial charge in [0.25, 0.3) is 0 Å². The average Bonchev–Trinajstić information content (AvgIpc) is 2.50. The second kappa shape index (κ2) is 9.81. The number of rotatable bonds is 9. The molecule has 1 rings (SSSR count). The Bertz CT molecular complexity index is 579. The number of amides is 2. The summed E-state index contributed by atoms with van der Waals surface area (Å²) in [6.07, 6.45) is 1.21. The Balaban J connectivity index is 2.53. The molecule has 3 N–H and O–H groups in total. The first-order valence-corrected chi connectivity index (χ1v) is 8.47. The summed E-state index contributed by atoms with van der Waals surface area (Å²) < 4.78 is 0. The number of carboxylic acid groups (broad SMARTS) is 1. The molecule has 0 heterocycles. The minimum absolute atomic E-state index is 0.0197. The molecule has 1 unspecified atom stereocenters. The summed E-state index contributed by atoms with van der Waals surface area (Å²) in [6.45, 7) is 5.75. The van der Waals surface area contributed by atoms with Crippen molar-refractivity contribution in [3.8, 4) is 0 Å². The van der Waals surface area contributed by atoms with Crippen molar-refractivity contribution >= 4 is 17.8 Å². The summed E-state index contributed by atoms with van der Waals surface area (Å²) >= 11 is 0. The molecular weight excluding hydrogens is 320 g/mol. The van der Waals surface area contributed by atoms with Crippen LogP contribution in [0.25, 0.3) is 0 Å². The third kappa shape index (κ3) is 10.2. The van der Waals surface area contributed by atoms with E-state index in [0.29, 0.717) is 19.3 Å². The van der Waals surface area contributed by atoms with E-state index in [1.165, 1.54) is 0 Å². The summed E-state index contributed by atoms with van der Waals surface area (Å²) in [6, 6.07) is 9.29. The van der Waals surface area contributed by atoms with Gasteiger partial charge >= 0.3 is 5.97 Å². The van der Waals surface area contributed by atoms with E-state index in [-0.39, 0.29) is 36.2 Å². The van der Waals surface area contributed by atoms with Gasteiger partial charge in [0.05, 0.1) is 6.54 Å². The second-order valence-corrected chi connectivity index (χ2v) is 7.40. The van der Waals surface area contributed by atoms with Gasteiger partial charge in [0.2, 0.25) is 11.8 Å². The van der Waals surface area contributed by atoms with E-state index in [2.05, 4.69) is 10.6 Å². The summed E-state index contributed by atoms with van der Waals surface area (Å²) in [4.78, 5) is 34.7. The Morgan fingerprint density at radius 1 is 1.08 bits per heavy atom. The summed E-state index contributed by atoms with van der Waals surface area (Å²) in [5.74, 6) is -1.38. The van der Waals surface area contributed by atoms with Gasteiger partial charge < -0.3 is 15.7 Å². The van der Waals surface area contributed by atoms with Crippen molar-refractivity contribution in [2.24, 2.45) is 5.41 Å². The van der Waals surface area contributed by atoms with E-state index in [0.717, 1.165) is 5.56 Å². The lowest BCUT2D eigenvalue weighted by Gasteiger charge is -2.20. The molecular formula is C19H28N2O4. The van der Waals surface area contributed by atoms with E-state index >= 15 is 0 Å². The lowest BCUT2D eigenvalue weighted by atomic mass is 9.92. The van der Waals surface area contributed by atoms with Crippen LogP contribution in [0.5, 0.6) is 0 Å². The Morgan fingerprint density at radius 2 is 1.72 bits per heavy atom. The molecule has 0 saturated carbocycles. The molecule has 1 atom stereocenters. The van der Waals surface area contributed by atoms with Crippen molar-refractivity contribution in [1.82, 2.24) is 10.6 Å². The van der Waals surface area contributed by atoms with Crippen LogP contribution in [0.15, 0.2) is 30.3 Å². The molecule has 1 aromatic rings. The van der Waals surface area contributed by atoms with Crippen LogP contribution >= 0.6 is 0 Å². The zero-order chi connectivity index (χ0) is 18.9. The largest absolute Gasteiger partial charge is 0.481 e. The number of benzene rings is 1. The fourth-order valence-electron chi connectivity index (χ4n) is 2.42. The monoisotopic (exact) mass is 348 g/mol. The molecule has 1 aromatic carbocycles. The van der Waals surface area contributed by atoms with Crippen LogP contribution in [0.2, 0.25) is 0 Å². The number of hydrogen-bond acceptors (Lipinski definition) is 3. The first-order chi connectivity index (χ1) is 11.7. The zero-order valence-corrected chi connectivity index (χ0v) is 15.2. The molecule has 0 saturated heterocycles. The maximum Gasteiger partial charge on any atom is 0.303 e. The smallest absolute Gasteiger partial charge is 0.303 e. The lowest BCUT2D eigenvalue weighted by molar-refractivity contribution is -0.137. The van der Waals surface area contributed by atoms with Gasteiger partial charge in [0.1, 0.15) is 0 Å². The molecule has 138 valence electrons. The zero-order valence-electron chi connectivity index (χ0n) is 15.2. The number of nitrogens with one attached hydrogen (secondary N) is 2. The highest BCUT2D eigenvalue weighted by Crippen LogP contribution is 2.17. The Labute approximate surface area is 149 Å². The highest BCUT2D eigenvalue weighted by atomic mass is 16.4. The molecule has 0 aliphatic rings. The first kappa shape index (κ1) is 20.7. The predicted molar refractivity (Wildman–Crippen MR) is 96.0 cm³/mol. The van der Waals surface area contributed by atoms with Crippen LogP contribution in [0, 0.1) is 5.41 Å². The second-order valence-electron chi connectivity index (χ2n) is 7.40. The molecule has 0 spiro atoms. The van der Waals surface area contributed by atoms with Crippen LogP contribution in [0.1, 0.15) is 45.6 Å². The number of hydrogen-bond donors (Lipinski definition) is 3. The van der Waals surface area contributed by atoms with Crippen LogP contribution in [-0.4, -0.2) is 35.5 Å². The molecule has 6 heteroatoms. The van der Waals surface area contributed by atoms with Crippen LogP contribution < -0.4 is 10.6 Å². The molecule has 0 aliphatic carbocycles. The molecule has 0 bridgehead atoms. The van der Waals surface area contributed by atoms with Gasteiger partial charge in [-0.2, -0.15) is 0 Å². The van der Waals surface area contributed by atoms with Crippen molar-refractivity contribution in [3.05, 3.63) is 35.9 Å². The topological polar surface area (TPSA) is 95.5 Å². The van der Waals surface area contributed by atoms with E-state index < -0.39 is 5.97 Å². The Hall–Kier alpha value is -2.37. The van der Waals surface area contributed by atoms with E-state index in [9.17, 15) is 14.4 Å². The first-order valence-electron chi connectivity index (χ1n) is 8.47. The average molecular weight is 348 g/mol. The molecule has 2 amide bonds. The highest BCUT2D eigenvalue weighted by Gasteiger charge is 2.18. The lowest BCUT2D eigenvalue weighted by Crippen LogP contribution is -2.43. The van der Waals surface area contributed by atoms with Gasteiger partial charge in [-0.3, -0.25) is 14.4 Å². The maximum atomic E-state index is 12.1. The number of carbonyl (C=O) groups is 3. The van der Waals surface area contributed by atoms with E-state index in [1.807, 2.05) is 51.1 Å². The minimum atomic E-state index is -0.897. The van der Waals surface area contributed by atoms with Crippen molar-refractivity contribution in [2.45, 2.75) is 52.5 Å². The molecule has 0 fully saturated rings. The molecule has 0 aromatic heterocycles. The van der Waals surface area contributed by atoms with Gasteiger partial charge in [0, 0.05) is 18.9 Å². The SMILES string of the molecule is CC(C)(C)CC(=O)NCC(=O)NC(CCC(=O)O)Cc1ccccc1. The minimum Gasteiger partial charge on any atom is -0.481 e. The molecule has 25 heavy (non-hydrogen) atoms. The van der Waals surface area contributed by atoms with Gasteiger partial charge in [-0.1, -0.05) is 51.1 Å². The van der Waals surface area contributed by atoms with Crippen LogP contribution in [0.4, 0.5) is 0 Å². The van der Waals surface area contributed by atoms with Crippen molar-refractivity contribution in [3.63, 3.8) is 0 Å². The highest BCUT2D eigenvalue weighted by molar-refractivity contribution is 5.85. The van der Waals surface area contributed by atoms with E-state index in [4.69, 9.17) is 5.11 Å². The van der Waals surface area contributed by atoms with Crippen LogP contribution in [-0.2, 0) is 20.8 Å². The number of carbonyl (C=O) groups excluding carboxylic acids is 2. The normalized spacial score (nSPS) is 12.3. The standard InChI is InChI=1S/C19H28N2O4/c1-19(2,3)12-16(22)20-13-17(23)21-15(9-10-18(24)25)11-14-7-5-4-6-8-14/h4-8,15H,9-13H2,1-3H3,(H,20,22)(H,21,23)(H,24,25). The Morgan fingerprint density at radius 3 is 2.28 bits per heavy atom. The van der Waals surface area contributed by atoms with Gasteiger partial charge in [-0.15, -0.1) is 0 Å². The molecule has 6 nitrogen and oxygen atoms in total. The third-order valence-electron chi connectivity index (χ3n) is 3.53. The van der Waals surface area contributed by atoms with Crippen molar-refractivity contribution in [1.29, 1.82) is 0 Å². The fourth-order valence-corrected chi connectivity index (χ4v) is 2.42. The quantitative estimate of drug-likeness (QED) is 0.637. The summed E-state index contributed by atoms with van der Waals surface area (Å²) in [5.41, 5.74) is 0.882. The summed E-state index contributed by atoms with van der Waals surface area (Å²) in [7, 11) is 0. The number of aliphatic carboxylic acids is 1. The van der Waals surface area contributed by atoms with Crippen molar-refractivity contribution in [2.75, 3.05) is 6.54 Å². The maximum absolute atomic E-state index is 12.1. The van der Waals surface area contributed by atoms with Crippen LogP contribution in [0.3, 0.4) is 0 Å². The molecule has 0 radical (unpaired) electrons. The molecule has 0 aliphatic heterocycles. The predicted octanol–water partition coefficient (Wildman–Crippen LogP) is 2.13. The summed E-state index contributed by atoms with van der Waals surface area (Å²) in [5, 5.41) is 14.3. The van der Waals surface area contributed by atoms with Gasteiger partial charge in [-0.25, -0.2) is 0 Å². The van der Waals surface area contributed by atoms with Gasteiger partial charge in [-0.05, 0) is 23.8 Å². The fraction of sp³-hybridized carbons (Fsp3) is 0.526. The Kier molecular flexibility index (Phi) is 8.11. The third-order valence-corrected chi connectivity index (χ3v) is 3.53. The van der Waals surface area contributed by atoms with E-state index in [1.54, 1.807) is 0 Å². The number of carboxylic acids is 1.